The zero-order valence-corrected chi connectivity index (χ0v) is 8.98. The minimum atomic E-state index is 0.233. The number of carbonyl (C=O) groups excluding carboxylic acids is 1. The number of hydrogen-bond acceptors (Lipinski definition) is 3. The fourth-order valence-electron chi connectivity index (χ4n) is 1.99. The summed E-state index contributed by atoms with van der Waals surface area (Å²) in [5, 5.41) is 0. The predicted molar refractivity (Wildman–Crippen MR) is 55.8 cm³/mol. The van der Waals surface area contributed by atoms with Gasteiger partial charge < -0.3 is 9.30 Å². The second-order valence-electron chi connectivity index (χ2n) is 4.49. The zero-order chi connectivity index (χ0) is 10.7. The van der Waals surface area contributed by atoms with Crippen molar-refractivity contribution in [1.82, 2.24) is 9.55 Å². The minimum absolute atomic E-state index is 0.233. The molecular weight excluding hydrogens is 192 g/mol. The number of aldehydes is 1. The average molecular weight is 208 g/mol. The summed E-state index contributed by atoms with van der Waals surface area (Å²) in [5.74, 6) is 0. The van der Waals surface area contributed by atoms with E-state index in [4.69, 9.17) is 4.74 Å². The summed E-state index contributed by atoms with van der Waals surface area (Å²) in [4.78, 5) is 14.7. The van der Waals surface area contributed by atoms with Gasteiger partial charge in [0.1, 0.15) is 5.69 Å². The zero-order valence-electron chi connectivity index (χ0n) is 8.98. The molecule has 82 valence electrons. The van der Waals surface area contributed by atoms with Crippen LogP contribution in [0.15, 0.2) is 12.5 Å². The SMILES string of the molecule is CC1(Cn2cncc2C=O)CCOCC1. The van der Waals surface area contributed by atoms with Crippen molar-refractivity contribution < 1.29 is 9.53 Å². The molecule has 2 rings (SSSR count). The van der Waals surface area contributed by atoms with E-state index in [9.17, 15) is 4.79 Å². The van der Waals surface area contributed by atoms with Crippen LogP contribution in [0.2, 0.25) is 0 Å². The molecule has 2 heterocycles. The number of nitrogens with zero attached hydrogens (tertiary/aromatic N) is 2. The lowest BCUT2D eigenvalue weighted by atomic mass is 9.82. The molecule has 1 fully saturated rings. The van der Waals surface area contributed by atoms with Crippen LogP contribution < -0.4 is 0 Å². The monoisotopic (exact) mass is 208 g/mol. The molecule has 4 nitrogen and oxygen atoms in total. The number of imidazole rings is 1. The van der Waals surface area contributed by atoms with Gasteiger partial charge in [0.25, 0.3) is 0 Å². The summed E-state index contributed by atoms with van der Waals surface area (Å²) >= 11 is 0. The molecule has 0 atom stereocenters. The Balaban J connectivity index is 2.09. The Morgan fingerprint density at radius 1 is 1.60 bits per heavy atom. The Morgan fingerprint density at radius 2 is 2.33 bits per heavy atom. The van der Waals surface area contributed by atoms with Crippen molar-refractivity contribution in [1.29, 1.82) is 0 Å². The van der Waals surface area contributed by atoms with Crippen LogP contribution in [0, 0.1) is 5.41 Å². The fourth-order valence-corrected chi connectivity index (χ4v) is 1.99. The summed E-state index contributed by atoms with van der Waals surface area (Å²) in [7, 11) is 0. The van der Waals surface area contributed by atoms with Crippen LogP contribution in [0.25, 0.3) is 0 Å². The summed E-state index contributed by atoms with van der Waals surface area (Å²) in [6.07, 6.45) is 6.28. The van der Waals surface area contributed by atoms with E-state index in [1.54, 1.807) is 12.5 Å². The molecule has 0 amide bonds. The third kappa shape index (κ3) is 2.26. The molecule has 1 aromatic heterocycles. The number of rotatable bonds is 3. The van der Waals surface area contributed by atoms with Crippen molar-refractivity contribution in [2.75, 3.05) is 13.2 Å². The first-order valence-corrected chi connectivity index (χ1v) is 5.27. The normalized spacial score (nSPS) is 20.1. The van der Waals surface area contributed by atoms with Gasteiger partial charge in [0.2, 0.25) is 0 Å². The summed E-state index contributed by atoms with van der Waals surface area (Å²) in [6, 6.07) is 0. The van der Waals surface area contributed by atoms with E-state index < -0.39 is 0 Å². The Labute approximate surface area is 89.3 Å². The van der Waals surface area contributed by atoms with Crippen molar-refractivity contribution in [3.05, 3.63) is 18.2 Å². The van der Waals surface area contributed by atoms with E-state index in [2.05, 4.69) is 11.9 Å². The number of aromatic nitrogens is 2. The molecular formula is C11H16N2O2. The molecule has 1 saturated heterocycles. The van der Waals surface area contributed by atoms with Crippen molar-refractivity contribution in [3.8, 4) is 0 Å². The minimum Gasteiger partial charge on any atom is -0.381 e. The molecule has 0 aliphatic carbocycles. The maximum Gasteiger partial charge on any atom is 0.168 e. The Hall–Kier alpha value is -1.16. The van der Waals surface area contributed by atoms with E-state index in [0.717, 1.165) is 38.9 Å². The van der Waals surface area contributed by atoms with Gasteiger partial charge in [-0.2, -0.15) is 0 Å². The summed E-state index contributed by atoms with van der Waals surface area (Å²) in [6.45, 7) is 4.73. The van der Waals surface area contributed by atoms with E-state index in [-0.39, 0.29) is 5.41 Å². The van der Waals surface area contributed by atoms with Crippen LogP contribution in [-0.4, -0.2) is 29.1 Å². The van der Waals surface area contributed by atoms with Gasteiger partial charge in [0, 0.05) is 19.8 Å². The van der Waals surface area contributed by atoms with E-state index >= 15 is 0 Å². The molecule has 0 unspecified atom stereocenters. The molecule has 4 heteroatoms. The Kier molecular flexibility index (Phi) is 2.86. The van der Waals surface area contributed by atoms with Crippen LogP contribution in [0.4, 0.5) is 0 Å². The molecule has 1 aliphatic heterocycles. The van der Waals surface area contributed by atoms with Gasteiger partial charge in [0.15, 0.2) is 6.29 Å². The Bertz CT molecular complexity index is 340. The van der Waals surface area contributed by atoms with Crippen molar-refractivity contribution >= 4 is 6.29 Å². The van der Waals surface area contributed by atoms with Crippen molar-refractivity contribution in [2.24, 2.45) is 5.41 Å². The highest BCUT2D eigenvalue weighted by atomic mass is 16.5. The lowest BCUT2D eigenvalue weighted by molar-refractivity contribution is 0.0153. The molecule has 0 N–H and O–H groups in total. The van der Waals surface area contributed by atoms with Crippen molar-refractivity contribution in [2.45, 2.75) is 26.3 Å². The highest BCUT2D eigenvalue weighted by molar-refractivity contribution is 5.71. The quantitative estimate of drug-likeness (QED) is 0.707. The second-order valence-corrected chi connectivity index (χ2v) is 4.49. The summed E-state index contributed by atoms with van der Waals surface area (Å²) < 4.78 is 7.28. The van der Waals surface area contributed by atoms with Gasteiger partial charge in [-0.15, -0.1) is 0 Å². The lowest BCUT2D eigenvalue weighted by Crippen LogP contribution is -2.31. The van der Waals surface area contributed by atoms with Gasteiger partial charge in [-0.25, -0.2) is 4.98 Å². The molecule has 0 bridgehead atoms. The number of carbonyl (C=O) groups is 1. The fraction of sp³-hybridized carbons (Fsp3) is 0.636. The van der Waals surface area contributed by atoms with Gasteiger partial charge in [0.05, 0.1) is 12.5 Å². The van der Waals surface area contributed by atoms with Gasteiger partial charge in [-0.3, -0.25) is 4.79 Å². The standard InChI is InChI=1S/C11H16N2O2/c1-11(2-4-15-5-3-11)8-13-9-12-6-10(13)7-14/h6-7,9H,2-5,8H2,1H3. The average Bonchev–Trinajstić information content (AvgIpc) is 2.65. The predicted octanol–water partition coefficient (Wildman–Crippen LogP) is 1.51. The van der Waals surface area contributed by atoms with Gasteiger partial charge in [-0.1, -0.05) is 6.92 Å². The van der Waals surface area contributed by atoms with Crippen LogP contribution in [0.5, 0.6) is 0 Å². The molecule has 0 aromatic carbocycles. The second kappa shape index (κ2) is 4.14. The number of ether oxygens (including phenoxy) is 1. The Morgan fingerprint density at radius 3 is 3.00 bits per heavy atom. The largest absolute Gasteiger partial charge is 0.381 e. The smallest absolute Gasteiger partial charge is 0.168 e. The molecule has 0 saturated carbocycles. The third-order valence-electron chi connectivity index (χ3n) is 3.12. The van der Waals surface area contributed by atoms with Crippen LogP contribution in [0.3, 0.4) is 0 Å². The first-order valence-electron chi connectivity index (χ1n) is 5.27. The van der Waals surface area contributed by atoms with Crippen LogP contribution in [-0.2, 0) is 11.3 Å². The van der Waals surface area contributed by atoms with E-state index in [1.807, 2.05) is 4.57 Å². The molecule has 15 heavy (non-hydrogen) atoms. The maximum absolute atomic E-state index is 10.7. The first kappa shape index (κ1) is 10.4. The highest BCUT2D eigenvalue weighted by Crippen LogP contribution is 2.31. The maximum atomic E-state index is 10.7. The van der Waals surface area contributed by atoms with Crippen molar-refractivity contribution in [3.63, 3.8) is 0 Å². The molecule has 1 aromatic rings. The van der Waals surface area contributed by atoms with Crippen LogP contribution in [0.1, 0.15) is 30.3 Å². The number of hydrogen-bond donors (Lipinski definition) is 0. The molecule has 1 aliphatic rings. The lowest BCUT2D eigenvalue weighted by Gasteiger charge is -2.33. The highest BCUT2D eigenvalue weighted by Gasteiger charge is 2.28. The van der Waals surface area contributed by atoms with Gasteiger partial charge in [-0.05, 0) is 18.3 Å². The first-order chi connectivity index (χ1) is 7.23. The molecule has 0 spiro atoms. The summed E-state index contributed by atoms with van der Waals surface area (Å²) in [5.41, 5.74) is 0.888. The van der Waals surface area contributed by atoms with Crippen LogP contribution >= 0.6 is 0 Å². The molecule has 0 radical (unpaired) electrons. The van der Waals surface area contributed by atoms with E-state index in [1.165, 1.54) is 0 Å². The topological polar surface area (TPSA) is 44.1 Å². The third-order valence-corrected chi connectivity index (χ3v) is 3.12. The van der Waals surface area contributed by atoms with E-state index in [0.29, 0.717) is 5.69 Å². The van der Waals surface area contributed by atoms with Gasteiger partial charge >= 0.3 is 0 Å².